The van der Waals surface area contributed by atoms with Gasteiger partial charge in [-0.1, -0.05) is 0 Å². The molecule has 0 radical (unpaired) electrons. The summed E-state index contributed by atoms with van der Waals surface area (Å²) in [5.74, 6) is -1.05. The molecule has 0 bridgehead atoms. The van der Waals surface area contributed by atoms with Gasteiger partial charge < -0.3 is 5.32 Å². The van der Waals surface area contributed by atoms with E-state index in [4.69, 9.17) is 11.6 Å². The molecule has 6 heteroatoms. The second-order valence-electron chi connectivity index (χ2n) is 2.38. The molecule has 12 heavy (non-hydrogen) atoms. The minimum absolute atomic E-state index is 0.0521. The molecule has 1 unspecified atom stereocenters. The first kappa shape index (κ1) is 11.6. The van der Waals surface area contributed by atoms with E-state index >= 15 is 0 Å². The Kier molecular flexibility index (Phi) is 4.37. The maximum atomic E-state index is 11.5. The van der Waals surface area contributed by atoms with Gasteiger partial charge in [0.25, 0.3) is 0 Å². The summed E-state index contributed by atoms with van der Waals surface area (Å²) in [5, 5.41) is 1.69. The van der Waals surface area contributed by atoms with Crippen molar-refractivity contribution in [2.24, 2.45) is 0 Å². The van der Waals surface area contributed by atoms with Crippen LogP contribution in [-0.4, -0.2) is 24.0 Å². The highest BCUT2D eigenvalue weighted by molar-refractivity contribution is 6.20. The lowest BCUT2D eigenvalue weighted by atomic mass is 10.4. The summed E-state index contributed by atoms with van der Waals surface area (Å²) in [4.78, 5) is 10.5. The van der Waals surface area contributed by atoms with Gasteiger partial charge in [0, 0.05) is 11.9 Å². The largest absolute Gasteiger partial charge is 0.397 e. The SMILES string of the molecule is CC(Cl)CNC(=O)CC(F)(F)F. The predicted molar refractivity (Wildman–Crippen MR) is 39.0 cm³/mol. The molecule has 0 aliphatic rings. The van der Waals surface area contributed by atoms with E-state index in [1.165, 1.54) is 0 Å². The van der Waals surface area contributed by atoms with E-state index in [1.54, 1.807) is 6.92 Å². The average molecular weight is 204 g/mol. The number of carbonyl (C=O) groups is 1. The first-order chi connectivity index (χ1) is 5.31. The number of hydrogen-bond acceptors (Lipinski definition) is 1. The zero-order valence-electron chi connectivity index (χ0n) is 6.41. The number of hydrogen-bond donors (Lipinski definition) is 1. The zero-order valence-corrected chi connectivity index (χ0v) is 7.17. The monoisotopic (exact) mass is 203 g/mol. The second-order valence-corrected chi connectivity index (χ2v) is 3.12. The van der Waals surface area contributed by atoms with E-state index in [9.17, 15) is 18.0 Å². The first-order valence-electron chi connectivity index (χ1n) is 3.29. The Balaban J connectivity index is 3.61. The normalized spacial score (nSPS) is 14.1. The Labute approximate surface area is 73.1 Å². The van der Waals surface area contributed by atoms with Crippen LogP contribution in [0, 0.1) is 0 Å². The van der Waals surface area contributed by atoms with Crippen LogP contribution in [0.25, 0.3) is 0 Å². The van der Waals surface area contributed by atoms with Crippen LogP contribution in [0.5, 0.6) is 0 Å². The number of nitrogens with one attached hydrogen (secondary N) is 1. The van der Waals surface area contributed by atoms with Gasteiger partial charge in [0.2, 0.25) is 5.91 Å². The van der Waals surface area contributed by atoms with Gasteiger partial charge in [-0.3, -0.25) is 4.79 Å². The lowest BCUT2D eigenvalue weighted by molar-refractivity contribution is -0.153. The Hall–Kier alpha value is -0.450. The number of amides is 1. The van der Waals surface area contributed by atoms with Crippen LogP contribution in [-0.2, 0) is 4.79 Å². The van der Waals surface area contributed by atoms with Crippen molar-refractivity contribution in [1.82, 2.24) is 5.32 Å². The molecule has 0 saturated heterocycles. The van der Waals surface area contributed by atoms with E-state index in [2.05, 4.69) is 0 Å². The third-order valence-electron chi connectivity index (χ3n) is 0.942. The summed E-state index contributed by atoms with van der Waals surface area (Å²) in [6, 6.07) is 0. The predicted octanol–water partition coefficient (Wildman–Crippen LogP) is 1.68. The molecule has 0 aromatic carbocycles. The van der Waals surface area contributed by atoms with Crippen LogP contribution >= 0.6 is 11.6 Å². The van der Waals surface area contributed by atoms with Crippen molar-refractivity contribution < 1.29 is 18.0 Å². The summed E-state index contributed by atoms with van der Waals surface area (Å²) in [7, 11) is 0. The molecule has 0 aliphatic heterocycles. The molecule has 1 amide bonds. The highest BCUT2D eigenvalue weighted by Crippen LogP contribution is 2.18. The third kappa shape index (κ3) is 7.65. The van der Waals surface area contributed by atoms with E-state index < -0.39 is 18.5 Å². The molecule has 72 valence electrons. The van der Waals surface area contributed by atoms with Crippen molar-refractivity contribution in [2.75, 3.05) is 6.54 Å². The van der Waals surface area contributed by atoms with Crippen LogP contribution in [0.15, 0.2) is 0 Å². The van der Waals surface area contributed by atoms with Crippen LogP contribution in [0.1, 0.15) is 13.3 Å². The van der Waals surface area contributed by atoms with Crippen molar-refractivity contribution in [1.29, 1.82) is 0 Å². The van der Waals surface area contributed by atoms with Gasteiger partial charge in [0.05, 0.1) is 0 Å². The van der Waals surface area contributed by atoms with E-state index in [1.807, 2.05) is 5.32 Å². The van der Waals surface area contributed by atoms with E-state index in [0.717, 1.165) is 0 Å². The summed E-state index contributed by atoms with van der Waals surface area (Å²) in [5.41, 5.74) is 0. The molecule has 0 saturated carbocycles. The van der Waals surface area contributed by atoms with E-state index in [0.29, 0.717) is 0 Å². The fourth-order valence-electron chi connectivity index (χ4n) is 0.499. The van der Waals surface area contributed by atoms with Gasteiger partial charge in [-0.15, -0.1) is 11.6 Å². The van der Waals surface area contributed by atoms with Crippen molar-refractivity contribution in [3.8, 4) is 0 Å². The fourth-order valence-corrected chi connectivity index (χ4v) is 0.576. The second kappa shape index (κ2) is 4.54. The summed E-state index contributed by atoms with van der Waals surface area (Å²) < 4.78 is 34.6. The standard InChI is InChI=1S/C6H9ClF3NO/c1-4(7)3-11-5(12)2-6(8,9)10/h4H,2-3H2,1H3,(H,11,12). The third-order valence-corrected chi connectivity index (χ3v) is 1.10. The number of carbonyl (C=O) groups excluding carboxylic acids is 1. The molecule has 0 aromatic heterocycles. The van der Waals surface area contributed by atoms with Crippen molar-refractivity contribution >= 4 is 17.5 Å². The highest BCUT2D eigenvalue weighted by atomic mass is 35.5. The molecule has 1 N–H and O–H groups in total. The van der Waals surface area contributed by atoms with Crippen LogP contribution in [0.3, 0.4) is 0 Å². The summed E-state index contributed by atoms with van der Waals surface area (Å²) in [6.07, 6.45) is -5.89. The van der Waals surface area contributed by atoms with Gasteiger partial charge >= 0.3 is 6.18 Å². The van der Waals surface area contributed by atoms with Crippen molar-refractivity contribution in [3.63, 3.8) is 0 Å². The average Bonchev–Trinajstić information content (AvgIpc) is 1.79. The minimum atomic E-state index is -4.44. The van der Waals surface area contributed by atoms with Crippen LogP contribution in [0.2, 0.25) is 0 Å². The van der Waals surface area contributed by atoms with Gasteiger partial charge in [-0.05, 0) is 6.92 Å². The molecule has 1 atom stereocenters. The number of halogens is 4. The van der Waals surface area contributed by atoms with Crippen molar-refractivity contribution in [3.05, 3.63) is 0 Å². The zero-order chi connectivity index (χ0) is 9.78. The molecule has 0 aliphatic carbocycles. The lowest BCUT2D eigenvalue weighted by Gasteiger charge is -2.08. The smallest absolute Gasteiger partial charge is 0.354 e. The van der Waals surface area contributed by atoms with Gasteiger partial charge in [0.15, 0.2) is 0 Å². The van der Waals surface area contributed by atoms with Gasteiger partial charge in [-0.2, -0.15) is 13.2 Å². The van der Waals surface area contributed by atoms with Crippen LogP contribution < -0.4 is 5.32 Å². The molecular formula is C6H9ClF3NO. The van der Waals surface area contributed by atoms with Crippen molar-refractivity contribution in [2.45, 2.75) is 24.9 Å². The molecular weight excluding hydrogens is 195 g/mol. The minimum Gasteiger partial charge on any atom is -0.354 e. The molecule has 0 spiro atoms. The maximum Gasteiger partial charge on any atom is 0.397 e. The fraction of sp³-hybridized carbons (Fsp3) is 0.833. The number of rotatable bonds is 3. The summed E-state index contributed by atoms with van der Waals surface area (Å²) in [6.45, 7) is 1.63. The Morgan fingerprint density at radius 3 is 2.42 bits per heavy atom. The molecule has 2 nitrogen and oxygen atoms in total. The van der Waals surface area contributed by atoms with Crippen LogP contribution in [0.4, 0.5) is 13.2 Å². The highest BCUT2D eigenvalue weighted by Gasteiger charge is 2.30. The number of alkyl halides is 4. The Bertz CT molecular complexity index is 157. The topological polar surface area (TPSA) is 29.1 Å². The Morgan fingerprint density at radius 2 is 2.08 bits per heavy atom. The first-order valence-corrected chi connectivity index (χ1v) is 3.72. The van der Waals surface area contributed by atoms with E-state index in [-0.39, 0.29) is 11.9 Å². The maximum absolute atomic E-state index is 11.5. The summed E-state index contributed by atoms with van der Waals surface area (Å²) >= 11 is 5.40. The molecule has 0 rings (SSSR count). The Morgan fingerprint density at radius 1 is 1.58 bits per heavy atom. The molecule has 0 heterocycles. The molecule has 0 fully saturated rings. The molecule has 0 aromatic rings. The van der Waals surface area contributed by atoms with Gasteiger partial charge in [-0.25, -0.2) is 0 Å². The lowest BCUT2D eigenvalue weighted by Crippen LogP contribution is -2.32. The van der Waals surface area contributed by atoms with Gasteiger partial charge in [0.1, 0.15) is 6.42 Å². The quantitative estimate of drug-likeness (QED) is 0.695.